The van der Waals surface area contributed by atoms with Crippen molar-refractivity contribution in [3.8, 4) is 29.4 Å². The van der Waals surface area contributed by atoms with E-state index in [9.17, 15) is 20.1 Å². The second-order valence-electron chi connectivity index (χ2n) is 8.05. The standard InChI is InChI=1S/C30H27N3O6/c1-3-13-37-25-10-7-21(8-11-25)15-24(19-32)30(35)39-27-12-9-22(17-28(27)36-4-2)16-23(18-31)29(34)33-20-26-6-5-14-38-26/h5-12,14-17H,3-4,13,20H2,1-2H3,(H,33,34)/b23-16+,24-15+. The molecule has 0 aliphatic carbocycles. The monoisotopic (exact) mass is 525 g/mol. The van der Waals surface area contributed by atoms with Crippen LogP contribution in [0.3, 0.4) is 0 Å². The average molecular weight is 526 g/mol. The zero-order valence-corrected chi connectivity index (χ0v) is 21.6. The molecule has 3 rings (SSSR count). The predicted octanol–water partition coefficient (Wildman–Crippen LogP) is 5.20. The van der Waals surface area contributed by atoms with E-state index in [4.69, 9.17) is 18.6 Å². The van der Waals surface area contributed by atoms with Crippen LogP contribution in [0, 0.1) is 22.7 Å². The van der Waals surface area contributed by atoms with Crippen molar-refractivity contribution < 1.29 is 28.2 Å². The molecule has 0 radical (unpaired) electrons. The lowest BCUT2D eigenvalue weighted by Gasteiger charge is -2.11. The first-order chi connectivity index (χ1) is 19.0. The summed E-state index contributed by atoms with van der Waals surface area (Å²) < 4.78 is 21.8. The van der Waals surface area contributed by atoms with Gasteiger partial charge in [0, 0.05) is 0 Å². The number of hydrogen-bond donors (Lipinski definition) is 1. The lowest BCUT2D eigenvalue weighted by Crippen LogP contribution is -2.23. The number of hydrogen-bond acceptors (Lipinski definition) is 8. The van der Waals surface area contributed by atoms with Crippen LogP contribution in [-0.4, -0.2) is 25.1 Å². The molecular formula is C30H27N3O6. The van der Waals surface area contributed by atoms with Crippen LogP contribution in [0.25, 0.3) is 12.2 Å². The van der Waals surface area contributed by atoms with Gasteiger partial charge in [0.2, 0.25) is 0 Å². The first kappa shape index (κ1) is 28.3. The number of amides is 1. The van der Waals surface area contributed by atoms with Gasteiger partial charge in [0.15, 0.2) is 11.5 Å². The fourth-order valence-corrected chi connectivity index (χ4v) is 3.30. The fraction of sp³-hybridized carbons (Fsp3) is 0.200. The molecule has 0 bridgehead atoms. The average Bonchev–Trinajstić information content (AvgIpc) is 3.48. The van der Waals surface area contributed by atoms with Crippen molar-refractivity contribution in [1.29, 1.82) is 10.5 Å². The number of esters is 1. The molecule has 0 aliphatic rings. The quantitative estimate of drug-likeness (QED) is 0.147. The zero-order valence-electron chi connectivity index (χ0n) is 21.6. The molecule has 0 saturated carbocycles. The molecule has 9 heteroatoms. The van der Waals surface area contributed by atoms with Gasteiger partial charge in [-0.1, -0.05) is 25.1 Å². The van der Waals surface area contributed by atoms with Crippen LogP contribution in [-0.2, 0) is 16.1 Å². The van der Waals surface area contributed by atoms with Crippen molar-refractivity contribution in [3.05, 3.63) is 88.9 Å². The van der Waals surface area contributed by atoms with E-state index in [1.54, 1.807) is 49.4 Å². The summed E-state index contributed by atoms with van der Waals surface area (Å²) in [5.41, 5.74) is 0.773. The molecule has 0 spiro atoms. The number of nitrogens with one attached hydrogen (secondary N) is 1. The lowest BCUT2D eigenvalue weighted by atomic mass is 10.1. The van der Waals surface area contributed by atoms with E-state index in [1.807, 2.05) is 19.1 Å². The topological polar surface area (TPSA) is 135 Å². The number of ether oxygens (including phenoxy) is 3. The Morgan fingerprint density at radius 3 is 2.28 bits per heavy atom. The summed E-state index contributed by atoms with van der Waals surface area (Å²) in [6, 6.07) is 18.7. The van der Waals surface area contributed by atoms with Gasteiger partial charge in [-0.25, -0.2) is 4.79 Å². The molecule has 0 atom stereocenters. The molecule has 1 amide bonds. The van der Waals surface area contributed by atoms with Gasteiger partial charge in [-0.05, 0) is 73.0 Å². The van der Waals surface area contributed by atoms with Crippen LogP contribution in [0.15, 0.2) is 76.4 Å². The maximum Gasteiger partial charge on any atom is 0.354 e. The summed E-state index contributed by atoms with van der Waals surface area (Å²) in [4.78, 5) is 25.2. The number of carbonyl (C=O) groups is 2. The van der Waals surface area contributed by atoms with Crippen LogP contribution >= 0.6 is 0 Å². The Balaban J connectivity index is 1.75. The molecule has 1 aromatic heterocycles. The maximum atomic E-state index is 12.8. The minimum absolute atomic E-state index is 0.0873. The number of nitrogens with zero attached hydrogens (tertiary/aromatic N) is 2. The van der Waals surface area contributed by atoms with Crippen LogP contribution in [0.1, 0.15) is 37.2 Å². The van der Waals surface area contributed by atoms with Crippen molar-refractivity contribution in [2.45, 2.75) is 26.8 Å². The third kappa shape index (κ3) is 8.38. The highest BCUT2D eigenvalue weighted by molar-refractivity contribution is 6.02. The summed E-state index contributed by atoms with van der Waals surface area (Å²) >= 11 is 0. The molecule has 0 saturated heterocycles. The van der Waals surface area contributed by atoms with Crippen molar-refractivity contribution >= 4 is 24.0 Å². The first-order valence-electron chi connectivity index (χ1n) is 12.2. The number of nitriles is 2. The molecule has 39 heavy (non-hydrogen) atoms. The summed E-state index contributed by atoms with van der Waals surface area (Å²) in [5.74, 6) is 0.111. The zero-order chi connectivity index (χ0) is 28.0. The summed E-state index contributed by atoms with van der Waals surface area (Å²) in [6.45, 7) is 4.76. The van der Waals surface area contributed by atoms with Gasteiger partial charge in [0.1, 0.15) is 34.8 Å². The van der Waals surface area contributed by atoms with Gasteiger partial charge in [-0.3, -0.25) is 4.79 Å². The molecular weight excluding hydrogens is 498 g/mol. The molecule has 0 aliphatic heterocycles. The summed E-state index contributed by atoms with van der Waals surface area (Å²) in [7, 11) is 0. The Kier molecular flexibility index (Phi) is 10.5. The number of rotatable bonds is 12. The van der Waals surface area contributed by atoms with Gasteiger partial charge in [0.25, 0.3) is 5.91 Å². The Bertz CT molecular complexity index is 1420. The third-order valence-electron chi connectivity index (χ3n) is 5.15. The van der Waals surface area contributed by atoms with Gasteiger partial charge in [-0.15, -0.1) is 0 Å². The highest BCUT2D eigenvalue weighted by Crippen LogP contribution is 2.30. The molecule has 2 aromatic carbocycles. The maximum absolute atomic E-state index is 12.8. The van der Waals surface area contributed by atoms with Gasteiger partial charge < -0.3 is 23.9 Å². The minimum Gasteiger partial charge on any atom is -0.494 e. The number of furan rings is 1. The summed E-state index contributed by atoms with van der Waals surface area (Å²) in [5, 5.41) is 21.6. The summed E-state index contributed by atoms with van der Waals surface area (Å²) in [6.07, 6.45) is 5.18. The number of carbonyl (C=O) groups excluding carboxylic acids is 2. The highest BCUT2D eigenvalue weighted by Gasteiger charge is 2.17. The second-order valence-corrected chi connectivity index (χ2v) is 8.05. The fourth-order valence-electron chi connectivity index (χ4n) is 3.30. The van der Waals surface area contributed by atoms with E-state index in [0.29, 0.717) is 29.2 Å². The van der Waals surface area contributed by atoms with E-state index >= 15 is 0 Å². The molecule has 3 aromatic rings. The van der Waals surface area contributed by atoms with E-state index in [2.05, 4.69) is 5.32 Å². The van der Waals surface area contributed by atoms with Crippen LogP contribution < -0.4 is 19.5 Å². The normalized spacial score (nSPS) is 11.2. The van der Waals surface area contributed by atoms with E-state index in [-0.39, 0.29) is 35.8 Å². The van der Waals surface area contributed by atoms with Crippen molar-refractivity contribution in [2.75, 3.05) is 13.2 Å². The van der Waals surface area contributed by atoms with Crippen LogP contribution in [0.2, 0.25) is 0 Å². The third-order valence-corrected chi connectivity index (χ3v) is 5.15. The second kappa shape index (κ2) is 14.5. The Morgan fingerprint density at radius 1 is 0.923 bits per heavy atom. The Morgan fingerprint density at radius 2 is 1.64 bits per heavy atom. The lowest BCUT2D eigenvalue weighted by molar-refractivity contribution is -0.129. The minimum atomic E-state index is -0.858. The molecule has 198 valence electrons. The molecule has 1 N–H and O–H groups in total. The smallest absolute Gasteiger partial charge is 0.354 e. The van der Waals surface area contributed by atoms with Crippen molar-refractivity contribution in [1.82, 2.24) is 5.32 Å². The van der Waals surface area contributed by atoms with E-state index in [0.717, 1.165) is 6.42 Å². The Labute approximate surface area is 226 Å². The molecule has 1 heterocycles. The molecule has 9 nitrogen and oxygen atoms in total. The number of benzene rings is 2. The largest absolute Gasteiger partial charge is 0.494 e. The van der Waals surface area contributed by atoms with Gasteiger partial charge in [-0.2, -0.15) is 10.5 Å². The predicted molar refractivity (Wildman–Crippen MR) is 143 cm³/mol. The Hall–Kier alpha value is -5.28. The SMILES string of the molecule is CCCOc1ccc(/C=C(\C#N)C(=O)Oc2ccc(/C=C(\C#N)C(=O)NCc3ccco3)cc2OCC)cc1. The van der Waals surface area contributed by atoms with Crippen molar-refractivity contribution in [2.24, 2.45) is 0 Å². The first-order valence-corrected chi connectivity index (χ1v) is 12.2. The molecule has 0 fully saturated rings. The van der Waals surface area contributed by atoms with E-state index < -0.39 is 11.9 Å². The highest BCUT2D eigenvalue weighted by atomic mass is 16.6. The molecule has 0 unspecified atom stereocenters. The van der Waals surface area contributed by atoms with Gasteiger partial charge in [0.05, 0.1) is 26.0 Å². The van der Waals surface area contributed by atoms with Crippen LogP contribution in [0.4, 0.5) is 0 Å². The van der Waals surface area contributed by atoms with Gasteiger partial charge >= 0.3 is 5.97 Å². The van der Waals surface area contributed by atoms with E-state index in [1.165, 1.54) is 30.5 Å². The van der Waals surface area contributed by atoms with Crippen molar-refractivity contribution in [3.63, 3.8) is 0 Å². The van der Waals surface area contributed by atoms with Crippen LogP contribution in [0.5, 0.6) is 17.2 Å².